The van der Waals surface area contributed by atoms with E-state index in [0.717, 1.165) is 30.0 Å². The SMILES string of the molecule is O=C(Cc1ccccc1O)Nc1cccnc1SCCS(=O)(=O)c1cccc(C(F)(F)F)c1. The number of hydrogen-bond acceptors (Lipinski definition) is 6. The van der Waals surface area contributed by atoms with Gasteiger partial charge in [-0.2, -0.15) is 13.2 Å². The number of nitrogens with one attached hydrogen (secondary N) is 1. The first-order chi connectivity index (χ1) is 15.6. The van der Waals surface area contributed by atoms with Gasteiger partial charge in [-0.25, -0.2) is 13.4 Å². The number of pyridine rings is 1. The standard InChI is InChI=1S/C22H19F3N2O4S2/c23-22(24,25)16-6-3-7-17(14-16)33(30,31)12-11-32-21-18(8-4-10-26-21)27-20(29)13-15-5-1-2-9-19(15)28/h1-10,14,28H,11-13H2,(H,27,29). The predicted molar refractivity (Wildman–Crippen MR) is 119 cm³/mol. The number of sulfone groups is 1. The molecule has 11 heteroatoms. The number of anilines is 1. The molecule has 6 nitrogen and oxygen atoms in total. The first kappa shape index (κ1) is 24.6. The van der Waals surface area contributed by atoms with Crippen molar-refractivity contribution in [3.8, 4) is 5.75 Å². The Bertz CT molecular complexity index is 1250. The molecule has 0 aliphatic carbocycles. The molecule has 1 amide bonds. The summed E-state index contributed by atoms with van der Waals surface area (Å²) in [6.45, 7) is 0. The summed E-state index contributed by atoms with van der Waals surface area (Å²) in [5.41, 5.74) is -0.227. The molecule has 0 spiro atoms. The molecule has 0 saturated carbocycles. The number of carbonyl (C=O) groups is 1. The fraction of sp³-hybridized carbons (Fsp3) is 0.182. The number of aromatic nitrogens is 1. The van der Waals surface area contributed by atoms with E-state index in [1.54, 1.807) is 30.3 Å². The number of amides is 1. The lowest BCUT2D eigenvalue weighted by Crippen LogP contribution is -2.15. The van der Waals surface area contributed by atoms with Crippen LogP contribution in [0.2, 0.25) is 0 Å². The van der Waals surface area contributed by atoms with Crippen LogP contribution < -0.4 is 5.32 Å². The van der Waals surface area contributed by atoms with Crippen molar-refractivity contribution in [3.05, 3.63) is 78.0 Å². The van der Waals surface area contributed by atoms with Crippen LogP contribution in [0.15, 0.2) is 76.8 Å². The van der Waals surface area contributed by atoms with Crippen molar-refractivity contribution >= 4 is 33.2 Å². The summed E-state index contributed by atoms with van der Waals surface area (Å²) in [7, 11) is -3.96. The summed E-state index contributed by atoms with van der Waals surface area (Å²) in [6, 6.07) is 13.2. The van der Waals surface area contributed by atoms with Crippen LogP contribution in [0, 0.1) is 0 Å². The van der Waals surface area contributed by atoms with E-state index in [9.17, 15) is 31.5 Å². The van der Waals surface area contributed by atoms with Crippen LogP contribution in [0.4, 0.5) is 18.9 Å². The summed E-state index contributed by atoms with van der Waals surface area (Å²) in [5.74, 6) is -0.810. The third-order valence-electron chi connectivity index (χ3n) is 4.50. The number of rotatable bonds is 8. The fourth-order valence-corrected chi connectivity index (χ4v) is 5.50. The molecule has 0 radical (unpaired) electrons. The molecule has 0 aliphatic rings. The number of phenols is 1. The number of nitrogens with zero attached hydrogens (tertiary/aromatic N) is 1. The number of hydrogen-bond donors (Lipinski definition) is 2. The monoisotopic (exact) mass is 496 g/mol. The van der Waals surface area contributed by atoms with Crippen molar-refractivity contribution in [2.75, 3.05) is 16.8 Å². The van der Waals surface area contributed by atoms with Gasteiger partial charge in [-0.05, 0) is 36.4 Å². The zero-order chi connectivity index (χ0) is 24.1. The van der Waals surface area contributed by atoms with Gasteiger partial charge in [0.2, 0.25) is 5.91 Å². The second kappa shape index (κ2) is 10.3. The number of carbonyl (C=O) groups excluding carboxylic acids is 1. The van der Waals surface area contributed by atoms with Crippen molar-refractivity contribution in [1.29, 1.82) is 0 Å². The van der Waals surface area contributed by atoms with Crippen LogP contribution in [0.3, 0.4) is 0 Å². The number of phenolic OH excluding ortho intramolecular Hbond substituents is 1. The van der Waals surface area contributed by atoms with Crippen LogP contribution in [-0.4, -0.2) is 35.9 Å². The maximum atomic E-state index is 12.9. The Morgan fingerprint density at radius 2 is 1.82 bits per heavy atom. The van der Waals surface area contributed by atoms with Crippen molar-refractivity contribution in [2.24, 2.45) is 0 Å². The Morgan fingerprint density at radius 1 is 1.06 bits per heavy atom. The van der Waals surface area contributed by atoms with Crippen molar-refractivity contribution < 1.29 is 31.5 Å². The topological polar surface area (TPSA) is 96.4 Å². The average molecular weight is 497 g/mol. The van der Waals surface area contributed by atoms with E-state index in [1.807, 2.05) is 0 Å². The average Bonchev–Trinajstić information content (AvgIpc) is 2.76. The Hall–Kier alpha value is -3.05. The molecule has 2 N–H and O–H groups in total. The highest BCUT2D eigenvalue weighted by atomic mass is 32.2. The predicted octanol–water partition coefficient (Wildman–Crippen LogP) is 4.55. The minimum absolute atomic E-state index is 0.00626. The van der Waals surface area contributed by atoms with E-state index in [0.29, 0.717) is 22.3 Å². The van der Waals surface area contributed by atoms with Crippen LogP contribution in [0.25, 0.3) is 0 Å². The van der Waals surface area contributed by atoms with Crippen molar-refractivity contribution in [1.82, 2.24) is 4.98 Å². The Labute approximate surface area is 192 Å². The molecular formula is C22H19F3N2O4S2. The normalized spacial score (nSPS) is 11.8. The van der Waals surface area contributed by atoms with E-state index >= 15 is 0 Å². The molecule has 0 aliphatic heterocycles. The quantitative estimate of drug-likeness (QED) is 0.444. The van der Waals surface area contributed by atoms with Gasteiger partial charge in [0.15, 0.2) is 9.84 Å². The van der Waals surface area contributed by atoms with Gasteiger partial charge in [0.1, 0.15) is 10.8 Å². The number of benzene rings is 2. The lowest BCUT2D eigenvalue weighted by Gasteiger charge is -2.11. The van der Waals surface area contributed by atoms with Gasteiger partial charge in [0, 0.05) is 17.5 Å². The van der Waals surface area contributed by atoms with Crippen LogP contribution in [0.1, 0.15) is 11.1 Å². The molecule has 3 aromatic rings. The zero-order valence-corrected chi connectivity index (χ0v) is 18.7. The minimum atomic E-state index is -4.64. The maximum Gasteiger partial charge on any atom is 0.416 e. The number of para-hydroxylation sites is 1. The third-order valence-corrected chi connectivity index (χ3v) is 7.48. The maximum absolute atomic E-state index is 12.9. The largest absolute Gasteiger partial charge is 0.508 e. The van der Waals surface area contributed by atoms with Gasteiger partial charge in [0.05, 0.1) is 28.3 Å². The summed E-state index contributed by atoms with van der Waals surface area (Å²) in [4.78, 5) is 16.1. The lowest BCUT2D eigenvalue weighted by molar-refractivity contribution is -0.137. The summed E-state index contributed by atoms with van der Waals surface area (Å²) >= 11 is 1.05. The van der Waals surface area contributed by atoms with E-state index in [-0.39, 0.29) is 17.9 Å². The van der Waals surface area contributed by atoms with Gasteiger partial charge in [-0.15, -0.1) is 11.8 Å². The van der Waals surface area contributed by atoms with Gasteiger partial charge in [-0.3, -0.25) is 4.79 Å². The second-order valence-electron chi connectivity index (χ2n) is 6.90. The molecule has 1 aromatic heterocycles. The van der Waals surface area contributed by atoms with E-state index < -0.39 is 38.1 Å². The molecule has 0 bridgehead atoms. The van der Waals surface area contributed by atoms with E-state index in [4.69, 9.17) is 0 Å². The molecule has 0 atom stereocenters. The molecule has 174 valence electrons. The highest BCUT2D eigenvalue weighted by molar-refractivity contribution is 8.00. The second-order valence-corrected chi connectivity index (χ2v) is 10.1. The highest BCUT2D eigenvalue weighted by Gasteiger charge is 2.31. The van der Waals surface area contributed by atoms with Crippen molar-refractivity contribution in [2.45, 2.75) is 22.5 Å². The Kier molecular flexibility index (Phi) is 7.65. The number of aromatic hydroxyl groups is 1. The minimum Gasteiger partial charge on any atom is -0.508 e. The Balaban J connectivity index is 1.64. The Morgan fingerprint density at radius 3 is 2.55 bits per heavy atom. The smallest absolute Gasteiger partial charge is 0.416 e. The fourth-order valence-electron chi connectivity index (χ4n) is 2.86. The highest BCUT2D eigenvalue weighted by Crippen LogP contribution is 2.31. The summed E-state index contributed by atoms with van der Waals surface area (Å²) < 4.78 is 63.7. The molecule has 0 unspecified atom stereocenters. The molecule has 3 rings (SSSR count). The van der Waals surface area contributed by atoms with Gasteiger partial charge in [-0.1, -0.05) is 24.3 Å². The number of halogens is 3. The lowest BCUT2D eigenvalue weighted by atomic mass is 10.1. The molecule has 1 heterocycles. The van der Waals surface area contributed by atoms with Crippen molar-refractivity contribution in [3.63, 3.8) is 0 Å². The third kappa shape index (κ3) is 6.72. The number of alkyl halides is 3. The summed E-state index contributed by atoms with van der Waals surface area (Å²) in [6.07, 6.45) is -3.24. The number of thioether (sulfide) groups is 1. The van der Waals surface area contributed by atoms with Crippen LogP contribution in [0.5, 0.6) is 5.75 Å². The first-order valence-corrected chi connectivity index (χ1v) is 12.2. The van der Waals surface area contributed by atoms with Gasteiger partial charge in [0.25, 0.3) is 0 Å². The first-order valence-electron chi connectivity index (χ1n) is 9.61. The molecule has 2 aromatic carbocycles. The van der Waals surface area contributed by atoms with E-state index in [1.165, 1.54) is 12.3 Å². The van der Waals surface area contributed by atoms with Crippen LogP contribution in [-0.2, 0) is 27.2 Å². The summed E-state index contributed by atoms with van der Waals surface area (Å²) in [5, 5.41) is 12.9. The molecule has 0 fully saturated rings. The van der Waals surface area contributed by atoms with Crippen LogP contribution >= 0.6 is 11.8 Å². The van der Waals surface area contributed by atoms with Gasteiger partial charge >= 0.3 is 6.18 Å². The molecule has 33 heavy (non-hydrogen) atoms. The van der Waals surface area contributed by atoms with E-state index in [2.05, 4.69) is 10.3 Å². The molecular weight excluding hydrogens is 477 g/mol. The zero-order valence-electron chi connectivity index (χ0n) is 17.0. The molecule has 0 saturated heterocycles. The van der Waals surface area contributed by atoms with Gasteiger partial charge < -0.3 is 10.4 Å².